The Kier molecular flexibility index (Phi) is 5.97. The van der Waals surface area contributed by atoms with Gasteiger partial charge in [0.1, 0.15) is 17.6 Å². The van der Waals surface area contributed by atoms with Crippen LogP contribution in [0.2, 0.25) is 0 Å². The summed E-state index contributed by atoms with van der Waals surface area (Å²) in [7, 11) is 0. The van der Waals surface area contributed by atoms with Crippen molar-refractivity contribution >= 4 is 16.8 Å². The Balaban J connectivity index is 1.35. The fourth-order valence-electron chi connectivity index (χ4n) is 3.62. The Bertz CT molecular complexity index is 1060. The summed E-state index contributed by atoms with van der Waals surface area (Å²) in [4.78, 5) is 19.1. The van der Waals surface area contributed by atoms with E-state index < -0.39 is 12.8 Å². The van der Waals surface area contributed by atoms with E-state index >= 15 is 0 Å². The summed E-state index contributed by atoms with van der Waals surface area (Å²) in [6, 6.07) is 15.5. The molecule has 8 heteroatoms. The first kappa shape index (κ1) is 21.0. The number of carbonyl (C=O) groups excluding carboxylic acids is 1. The van der Waals surface area contributed by atoms with Crippen LogP contribution >= 0.6 is 0 Å². The number of carbonyl (C=O) groups is 1. The molecule has 4 rings (SSSR count). The number of alkyl halides is 3. The van der Waals surface area contributed by atoms with Crippen LogP contribution in [0.25, 0.3) is 10.9 Å². The van der Waals surface area contributed by atoms with Crippen LogP contribution in [0, 0.1) is 0 Å². The van der Waals surface area contributed by atoms with E-state index in [1.807, 2.05) is 24.3 Å². The molecule has 0 atom stereocenters. The molecule has 2 aromatic carbocycles. The molecule has 0 saturated carbocycles. The van der Waals surface area contributed by atoms with Gasteiger partial charge >= 0.3 is 6.18 Å². The molecule has 2 heterocycles. The molecule has 1 aliphatic heterocycles. The van der Waals surface area contributed by atoms with Gasteiger partial charge in [0.2, 0.25) is 0 Å². The Labute approximate surface area is 177 Å². The summed E-state index contributed by atoms with van der Waals surface area (Å²) in [5, 5.41) is 0.916. The van der Waals surface area contributed by atoms with Gasteiger partial charge in [0.25, 0.3) is 5.91 Å². The molecule has 0 bridgehead atoms. The highest BCUT2D eigenvalue weighted by Gasteiger charge is 2.29. The lowest BCUT2D eigenvalue weighted by atomic mass is 10.0. The second-order valence-electron chi connectivity index (χ2n) is 7.37. The number of likely N-dealkylation sites (tertiary alicyclic amines) is 1. The molecule has 1 fully saturated rings. The van der Waals surface area contributed by atoms with Crippen molar-refractivity contribution in [3.63, 3.8) is 0 Å². The summed E-state index contributed by atoms with van der Waals surface area (Å²) >= 11 is 0. The number of hydrogen-bond acceptors (Lipinski definition) is 4. The number of benzene rings is 2. The molecule has 1 aliphatic rings. The predicted octanol–water partition coefficient (Wildman–Crippen LogP) is 4.86. The number of ether oxygens (including phenoxy) is 2. The number of piperidine rings is 1. The molecule has 0 radical (unpaired) electrons. The van der Waals surface area contributed by atoms with E-state index in [-0.39, 0.29) is 17.8 Å². The normalized spacial score (nSPS) is 15.1. The number of aromatic nitrogens is 1. The highest BCUT2D eigenvalue weighted by Crippen LogP contribution is 2.26. The molecule has 0 spiro atoms. The van der Waals surface area contributed by atoms with Crippen LogP contribution in [-0.2, 0) is 0 Å². The summed E-state index contributed by atoms with van der Waals surface area (Å²) in [6.45, 7) is -0.298. The van der Waals surface area contributed by atoms with Crippen molar-refractivity contribution in [2.24, 2.45) is 0 Å². The number of rotatable bonds is 5. The lowest BCUT2D eigenvalue weighted by Crippen LogP contribution is -2.41. The summed E-state index contributed by atoms with van der Waals surface area (Å²) < 4.78 is 47.7. The molecule has 1 saturated heterocycles. The smallest absolute Gasteiger partial charge is 0.422 e. The van der Waals surface area contributed by atoms with E-state index in [1.165, 1.54) is 12.1 Å². The van der Waals surface area contributed by atoms with Crippen molar-refractivity contribution in [2.45, 2.75) is 25.1 Å². The second-order valence-corrected chi connectivity index (χ2v) is 7.37. The summed E-state index contributed by atoms with van der Waals surface area (Å²) in [6.07, 6.45) is -1.61. The SMILES string of the molecule is O=C(c1cccc2cccnc12)N1CCC(Oc2cccc(OCC(F)(F)F)c2)CC1. The van der Waals surface area contributed by atoms with E-state index in [4.69, 9.17) is 9.47 Å². The number of hydrogen-bond donors (Lipinski definition) is 0. The highest BCUT2D eigenvalue weighted by atomic mass is 19.4. The van der Waals surface area contributed by atoms with Gasteiger partial charge in [-0.2, -0.15) is 13.2 Å². The fraction of sp³-hybridized carbons (Fsp3) is 0.304. The standard InChI is InChI=1S/C23H21F3N2O3/c24-23(25,26)15-30-18-6-2-7-19(14-18)31-17-9-12-28(13-10-17)22(29)20-8-1-4-16-5-3-11-27-21(16)20/h1-8,11,14,17H,9-10,12-13,15H2. The van der Waals surface area contributed by atoms with E-state index in [1.54, 1.807) is 29.3 Å². The third-order valence-corrected chi connectivity index (χ3v) is 5.10. The minimum atomic E-state index is -4.39. The number of para-hydroxylation sites is 1. The maximum atomic E-state index is 13.0. The van der Waals surface area contributed by atoms with Crippen LogP contribution in [-0.4, -0.2) is 47.8 Å². The molecule has 0 N–H and O–H groups in total. The van der Waals surface area contributed by atoms with E-state index in [9.17, 15) is 18.0 Å². The lowest BCUT2D eigenvalue weighted by Gasteiger charge is -2.32. The van der Waals surface area contributed by atoms with Crippen LogP contribution in [0.15, 0.2) is 60.8 Å². The van der Waals surface area contributed by atoms with Crippen LogP contribution in [0.3, 0.4) is 0 Å². The zero-order valence-corrected chi connectivity index (χ0v) is 16.6. The van der Waals surface area contributed by atoms with Gasteiger partial charge in [-0.3, -0.25) is 9.78 Å². The van der Waals surface area contributed by atoms with Gasteiger partial charge in [0.15, 0.2) is 6.61 Å². The molecule has 0 unspecified atom stereocenters. The molecular formula is C23H21F3N2O3. The number of nitrogens with zero attached hydrogens (tertiary/aromatic N) is 2. The third-order valence-electron chi connectivity index (χ3n) is 5.10. The lowest BCUT2D eigenvalue weighted by molar-refractivity contribution is -0.153. The Morgan fingerprint density at radius 2 is 1.74 bits per heavy atom. The number of amides is 1. The quantitative estimate of drug-likeness (QED) is 0.580. The topological polar surface area (TPSA) is 51.7 Å². The Morgan fingerprint density at radius 3 is 2.52 bits per heavy atom. The van der Waals surface area contributed by atoms with Crippen molar-refractivity contribution in [1.29, 1.82) is 0 Å². The zero-order chi connectivity index (χ0) is 21.8. The molecule has 5 nitrogen and oxygen atoms in total. The second kappa shape index (κ2) is 8.83. The maximum Gasteiger partial charge on any atom is 0.422 e. The van der Waals surface area contributed by atoms with Gasteiger partial charge < -0.3 is 14.4 Å². The predicted molar refractivity (Wildman–Crippen MR) is 109 cm³/mol. The summed E-state index contributed by atoms with van der Waals surface area (Å²) in [5.41, 5.74) is 1.26. The first-order chi connectivity index (χ1) is 14.9. The monoisotopic (exact) mass is 430 g/mol. The fourth-order valence-corrected chi connectivity index (χ4v) is 3.62. The average molecular weight is 430 g/mol. The average Bonchev–Trinajstić information content (AvgIpc) is 2.77. The van der Waals surface area contributed by atoms with Crippen LogP contribution in [0.4, 0.5) is 13.2 Å². The van der Waals surface area contributed by atoms with Gasteiger partial charge in [0, 0.05) is 43.6 Å². The molecule has 3 aromatic rings. The van der Waals surface area contributed by atoms with Gasteiger partial charge in [-0.1, -0.05) is 24.3 Å². The molecular weight excluding hydrogens is 409 g/mol. The summed E-state index contributed by atoms with van der Waals surface area (Å²) in [5.74, 6) is 0.485. The van der Waals surface area contributed by atoms with Crippen molar-refractivity contribution in [1.82, 2.24) is 9.88 Å². The van der Waals surface area contributed by atoms with Gasteiger partial charge in [-0.25, -0.2) is 0 Å². The number of pyridine rings is 1. The van der Waals surface area contributed by atoms with E-state index in [0.29, 0.717) is 42.8 Å². The minimum absolute atomic E-state index is 0.0645. The van der Waals surface area contributed by atoms with Crippen molar-refractivity contribution in [3.05, 3.63) is 66.4 Å². The van der Waals surface area contributed by atoms with Gasteiger partial charge in [0.05, 0.1) is 11.1 Å². The van der Waals surface area contributed by atoms with Crippen molar-refractivity contribution in [3.8, 4) is 11.5 Å². The van der Waals surface area contributed by atoms with Crippen LogP contribution < -0.4 is 9.47 Å². The molecule has 31 heavy (non-hydrogen) atoms. The van der Waals surface area contributed by atoms with Gasteiger partial charge in [-0.05, 0) is 24.3 Å². The van der Waals surface area contributed by atoms with Crippen LogP contribution in [0.5, 0.6) is 11.5 Å². The van der Waals surface area contributed by atoms with Crippen molar-refractivity contribution in [2.75, 3.05) is 19.7 Å². The Hall–Kier alpha value is -3.29. The van der Waals surface area contributed by atoms with E-state index in [0.717, 1.165) is 5.39 Å². The third kappa shape index (κ3) is 5.25. The van der Waals surface area contributed by atoms with Crippen LogP contribution in [0.1, 0.15) is 23.2 Å². The van der Waals surface area contributed by atoms with Gasteiger partial charge in [-0.15, -0.1) is 0 Å². The molecule has 0 aliphatic carbocycles. The van der Waals surface area contributed by atoms with E-state index in [2.05, 4.69) is 4.98 Å². The molecule has 1 aromatic heterocycles. The maximum absolute atomic E-state index is 13.0. The van der Waals surface area contributed by atoms with Crippen molar-refractivity contribution < 1.29 is 27.4 Å². The largest absolute Gasteiger partial charge is 0.490 e. The highest BCUT2D eigenvalue weighted by molar-refractivity contribution is 6.05. The molecule has 162 valence electrons. The first-order valence-corrected chi connectivity index (χ1v) is 9.98. The molecule has 1 amide bonds. The number of fused-ring (bicyclic) bond motifs is 1. The Morgan fingerprint density at radius 1 is 1.03 bits per heavy atom. The first-order valence-electron chi connectivity index (χ1n) is 9.98. The minimum Gasteiger partial charge on any atom is -0.490 e. The zero-order valence-electron chi connectivity index (χ0n) is 16.6. The number of halogens is 3.